The van der Waals surface area contributed by atoms with Crippen LogP contribution in [0.2, 0.25) is 0 Å². The van der Waals surface area contributed by atoms with Gasteiger partial charge in [0.15, 0.2) is 0 Å². The standard InChI is InChI=1S/C30H22N2O/c1-20-8-5-6-11-24(20)22-16-17-31-28(19-22)27-13-7-12-25-26-15-14-23(32-30(26)33-29(25)27)18-21-9-3-2-4-10-21/h2-17,19H,18H2,1H3. The highest BCUT2D eigenvalue weighted by molar-refractivity contribution is 6.08. The van der Waals surface area contributed by atoms with E-state index in [0.717, 1.165) is 45.3 Å². The second-order valence-corrected chi connectivity index (χ2v) is 8.35. The summed E-state index contributed by atoms with van der Waals surface area (Å²) in [4.78, 5) is 9.51. The first kappa shape index (κ1) is 19.4. The molecule has 0 amide bonds. The lowest BCUT2D eigenvalue weighted by atomic mass is 9.99. The highest BCUT2D eigenvalue weighted by atomic mass is 16.3. The van der Waals surface area contributed by atoms with Crippen molar-refractivity contribution in [2.24, 2.45) is 0 Å². The molecule has 0 saturated heterocycles. The average molecular weight is 427 g/mol. The Bertz CT molecular complexity index is 1600. The maximum atomic E-state index is 6.33. The van der Waals surface area contributed by atoms with Gasteiger partial charge < -0.3 is 4.42 Å². The van der Waals surface area contributed by atoms with Gasteiger partial charge >= 0.3 is 0 Å². The zero-order valence-electron chi connectivity index (χ0n) is 18.3. The fraction of sp³-hybridized carbons (Fsp3) is 0.0667. The van der Waals surface area contributed by atoms with Crippen LogP contribution >= 0.6 is 0 Å². The Kier molecular flexibility index (Phi) is 4.73. The van der Waals surface area contributed by atoms with Crippen molar-refractivity contribution in [1.82, 2.24) is 9.97 Å². The van der Waals surface area contributed by atoms with Gasteiger partial charge in [-0.3, -0.25) is 4.98 Å². The summed E-state index contributed by atoms with van der Waals surface area (Å²) >= 11 is 0. The molecule has 33 heavy (non-hydrogen) atoms. The maximum absolute atomic E-state index is 6.33. The number of benzene rings is 3. The Hall–Kier alpha value is -4.24. The summed E-state index contributed by atoms with van der Waals surface area (Å²) in [6.45, 7) is 2.13. The molecule has 0 spiro atoms. The van der Waals surface area contributed by atoms with Gasteiger partial charge in [0, 0.05) is 34.6 Å². The van der Waals surface area contributed by atoms with Crippen LogP contribution in [0.4, 0.5) is 0 Å². The molecule has 0 aliphatic heterocycles. The molecule has 0 saturated carbocycles. The van der Waals surface area contributed by atoms with E-state index >= 15 is 0 Å². The average Bonchev–Trinajstić information content (AvgIpc) is 3.23. The van der Waals surface area contributed by atoms with E-state index in [-0.39, 0.29) is 0 Å². The highest BCUT2D eigenvalue weighted by Crippen LogP contribution is 2.36. The van der Waals surface area contributed by atoms with Crippen molar-refractivity contribution in [2.75, 3.05) is 0 Å². The van der Waals surface area contributed by atoms with Crippen molar-refractivity contribution in [3.63, 3.8) is 0 Å². The molecule has 0 atom stereocenters. The molecule has 0 unspecified atom stereocenters. The molecule has 0 radical (unpaired) electrons. The Morgan fingerprint density at radius 3 is 2.42 bits per heavy atom. The van der Waals surface area contributed by atoms with E-state index in [2.05, 4.69) is 103 Å². The summed E-state index contributed by atoms with van der Waals surface area (Å²) in [5.74, 6) is 0. The lowest BCUT2D eigenvalue weighted by molar-refractivity contribution is 0.652. The molecular formula is C30H22N2O. The lowest BCUT2D eigenvalue weighted by Crippen LogP contribution is -1.91. The fourth-order valence-electron chi connectivity index (χ4n) is 4.46. The maximum Gasteiger partial charge on any atom is 0.227 e. The molecule has 3 aromatic heterocycles. The Balaban J connectivity index is 1.45. The van der Waals surface area contributed by atoms with E-state index in [0.29, 0.717) is 5.71 Å². The Morgan fingerprint density at radius 2 is 1.55 bits per heavy atom. The quantitative estimate of drug-likeness (QED) is 0.291. The van der Waals surface area contributed by atoms with Gasteiger partial charge in [-0.15, -0.1) is 0 Å². The predicted octanol–water partition coefficient (Wildman–Crippen LogP) is 7.61. The van der Waals surface area contributed by atoms with Gasteiger partial charge in [-0.05, 0) is 59.5 Å². The number of aryl methyl sites for hydroxylation is 1. The van der Waals surface area contributed by atoms with Crippen molar-refractivity contribution >= 4 is 22.1 Å². The van der Waals surface area contributed by atoms with Crippen molar-refractivity contribution in [3.05, 3.63) is 120 Å². The van der Waals surface area contributed by atoms with Gasteiger partial charge in [0.05, 0.1) is 5.69 Å². The van der Waals surface area contributed by atoms with E-state index < -0.39 is 0 Å². The van der Waals surface area contributed by atoms with Gasteiger partial charge in [-0.1, -0.05) is 66.7 Å². The monoisotopic (exact) mass is 426 g/mol. The van der Waals surface area contributed by atoms with Gasteiger partial charge in [-0.2, -0.15) is 0 Å². The number of para-hydroxylation sites is 1. The van der Waals surface area contributed by atoms with E-state index in [1.807, 2.05) is 12.3 Å². The molecular weight excluding hydrogens is 404 g/mol. The zero-order valence-corrected chi connectivity index (χ0v) is 18.3. The molecule has 0 bridgehead atoms. The van der Waals surface area contributed by atoms with Crippen LogP contribution < -0.4 is 0 Å². The minimum Gasteiger partial charge on any atom is -0.437 e. The van der Waals surface area contributed by atoms with Crippen LogP contribution in [0.25, 0.3) is 44.5 Å². The number of fused-ring (bicyclic) bond motifs is 3. The summed E-state index contributed by atoms with van der Waals surface area (Å²) in [7, 11) is 0. The first-order valence-electron chi connectivity index (χ1n) is 11.1. The van der Waals surface area contributed by atoms with Crippen molar-refractivity contribution in [3.8, 4) is 22.4 Å². The van der Waals surface area contributed by atoms with E-state index in [1.54, 1.807) is 0 Å². The fourth-order valence-corrected chi connectivity index (χ4v) is 4.46. The predicted molar refractivity (Wildman–Crippen MR) is 134 cm³/mol. The topological polar surface area (TPSA) is 38.9 Å². The molecule has 6 aromatic rings. The molecule has 0 aliphatic rings. The van der Waals surface area contributed by atoms with Gasteiger partial charge in [-0.25, -0.2) is 4.98 Å². The van der Waals surface area contributed by atoms with Crippen LogP contribution in [0.1, 0.15) is 16.8 Å². The summed E-state index contributed by atoms with van der Waals surface area (Å²) < 4.78 is 6.33. The van der Waals surface area contributed by atoms with E-state index in [9.17, 15) is 0 Å². The second-order valence-electron chi connectivity index (χ2n) is 8.35. The number of nitrogens with zero attached hydrogens (tertiary/aromatic N) is 2. The smallest absolute Gasteiger partial charge is 0.227 e. The Labute approximate surface area is 192 Å². The van der Waals surface area contributed by atoms with Crippen molar-refractivity contribution in [2.45, 2.75) is 13.3 Å². The molecule has 3 heteroatoms. The van der Waals surface area contributed by atoms with Crippen LogP contribution in [0.5, 0.6) is 0 Å². The summed E-state index contributed by atoms with van der Waals surface area (Å²) in [6.07, 6.45) is 2.65. The van der Waals surface area contributed by atoms with E-state index in [1.165, 1.54) is 16.7 Å². The number of hydrogen-bond acceptors (Lipinski definition) is 3. The van der Waals surface area contributed by atoms with Crippen LogP contribution in [0.3, 0.4) is 0 Å². The van der Waals surface area contributed by atoms with Crippen LogP contribution in [-0.4, -0.2) is 9.97 Å². The van der Waals surface area contributed by atoms with Gasteiger partial charge in [0.2, 0.25) is 5.71 Å². The van der Waals surface area contributed by atoms with Gasteiger partial charge in [0.1, 0.15) is 5.58 Å². The molecule has 3 nitrogen and oxygen atoms in total. The molecule has 3 aromatic carbocycles. The number of aromatic nitrogens is 2. The third kappa shape index (κ3) is 3.58. The number of pyridine rings is 2. The normalized spacial score (nSPS) is 11.3. The Morgan fingerprint density at radius 1 is 0.727 bits per heavy atom. The lowest BCUT2D eigenvalue weighted by Gasteiger charge is -2.08. The summed E-state index contributed by atoms with van der Waals surface area (Å²) in [6, 6.07) is 33.4. The largest absolute Gasteiger partial charge is 0.437 e. The molecule has 0 N–H and O–H groups in total. The minimum absolute atomic E-state index is 0.668. The minimum atomic E-state index is 0.668. The number of rotatable bonds is 4. The highest BCUT2D eigenvalue weighted by Gasteiger charge is 2.15. The zero-order chi connectivity index (χ0) is 22.2. The van der Waals surface area contributed by atoms with Crippen molar-refractivity contribution in [1.29, 1.82) is 0 Å². The number of hydrogen-bond donors (Lipinski definition) is 0. The second kappa shape index (κ2) is 8.03. The first-order valence-corrected chi connectivity index (χ1v) is 11.1. The summed E-state index contributed by atoms with van der Waals surface area (Å²) in [5, 5.41) is 2.09. The van der Waals surface area contributed by atoms with Crippen LogP contribution in [0.15, 0.2) is 108 Å². The number of furan rings is 1. The third-order valence-electron chi connectivity index (χ3n) is 6.14. The molecule has 0 fully saturated rings. The molecule has 3 heterocycles. The molecule has 0 aliphatic carbocycles. The van der Waals surface area contributed by atoms with Gasteiger partial charge in [0.25, 0.3) is 0 Å². The van der Waals surface area contributed by atoms with E-state index in [4.69, 9.17) is 9.40 Å². The van der Waals surface area contributed by atoms with Crippen LogP contribution in [0, 0.1) is 6.92 Å². The summed E-state index contributed by atoms with van der Waals surface area (Å²) in [5.41, 5.74) is 9.20. The van der Waals surface area contributed by atoms with Crippen LogP contribution in [-0.2, 0) is 6.42 Å². The van der Waals surface area contributed by atoms with Crippen molar-refractivity contribution < 1.29 is 4.42 Å². The molecule has 158 valence electrons. The SMILES string of the molecule is Cc1ccccc1-c1ccnc(-c2cccc3c2oc2nc(Cc4ccccc4)ccc23)c1. The third-order valence-corrected chi connectivity index (χ3v) is 6.14. The molecule has 6 rings (SSSR count). The first-order chi connectivity index (χ1) is 16.3.